The van der Waals surface area contributed by atoms with Crippen LogP contribution in [-0.2, 0) is 9.53 Å². The Morgan fingerprint density at radius 2 is 2.06 bits per heavy atom. The molecule has 3 heterocycles. The average Bonchev–Trinajstić information content (AvgIpc) is 3.34. The van der Waals surface area contributed by atoms with Gasteiger partial charge in [0.1, 0.15) is 18.1 Å². The van der Waals surface area contributed by atoms with Crippen molar-refractivity contribution >= 4 is 39.3 Å². The Kier molecular flexibility index (Phi) is 6.80. The van der Waals surface area contributed by atoms with E-state index in [0.717, 1.165) is 5.56 Å². The summed E-state index contributed by atoms with van der Waals surface area (Å²) in [5, 5.41) is 0. The molecule has 0 fully saturated rings. The number of carbonyl (C=O) groups excluding carboxylic acids is 1. The number of nitrogens with zero attached hydrogens (tertiary/aromatic N) is 2. The van der Waals surface area contributed by atoms with Crippen molar-refractivity contribution in [3.8, 4) is 5.75 Å². The number of aromatic nitrogens is 1. The van der Waals surface area contributed by atoms with Crippen LogP contribution in [0.3, 0.4) is 0 Å². The van der Waals surface area contributed by atoms with Crippen LogP contribution in [0.4, 0.5) is 0 Å². The third-order valence-electron chi connectivity index (χ3n) is 4.95. The fourth-order valence-corrected chi connectivity index (χ4v) is 4.89. The van der Waals surface area contributed by atoms with Crippen LogP contribution < -0.4 is 19.6 Å². The number of carbonyl (C=O) groups is 1. The van der Waals surface area contributed by atoms with E-state index in [2.05, 4.69) is 27.5 Å². The van der Waals surface area contributed by atoms with E-state index in [1.54, 1.807) is 50.3 Å². The smallest absolute Gasteiger partial charge is 0.338 e. The Labute approximate surface area is 202 Å². The van der Waals surface area contributed by atoms with Crippen molar-refractivity contribution in [3.05, 3.63) is 96.0 Å². The largest absolute Gasteiger partial charge is 0.490 e. The number of allylic oxidation sites excluding steroid dienone is 1. The van der Waals surface area contributed by atoms with Crippen LogP contribution in [0.2, 0.25) is 0 Å². The summed E-state index contributed by atoms with van der Waals surface area (Å²) in [6, 6.07) is 10.1. The molecular formula is C24H21BrN2O5S. The van der Waals surface area contributed by atoms with Gasteiger partial charge >= 0.3 is 5.97 Å². The number of thiazole rings is 1. The van der Waals surface area contributed by atoms with E-state index in [1.807, 2.05) is 12.1 Å². The highest BCUT2D eigenvalue weighted by atomic mass is 79.9. The van der Waals surface area contributed by atoms with Gasteiger partial charge in [-0.1, -0.05) is 36.1 Å². The second-order valence-electron chi connectivity index (χ2n) is 7.11. The zero-order valence-corrected chi connectivity index (χ0v) is 20.4. The molecule has 0 amide bonds. The van der Waals surface area contributed by atoms with Crippen molar-refractivity contribution in [3.63, 3.8) is 0 Å². The van der Waals surface area contributed by atoms with Gasteiger partial charge in [0, 0.05) is 6.08 Å². The molecule has 0 saturated heterocycles. The molecule has 1 aromatic carbocycles. The molecule has 3 aromatic rings. The third-order valence-corrected chi connectivity index (χ3v) is 6.36. The molecule has 9 heteroatoms. The van der Waals surface area contributed by atoms with Crippen LogP contribution in [0, 0.1) is 0 Å². The third kappa shape index (κ3) is 4.65. The highest BCUT2D eigenvalue weighted by molar-refractivity contribution is 9.10. The lowest BCUT2D eigenvalue weighted by Crippen LogP contribution is -2.39. The first kappa shape index (κ1) is 23.0. The minimum absolute atomic E-state index is 0.217. The van der Waals surface area contributed by atoms with Gasteiger partial charge in [-0.05, 0) is 59.6 Å². The Hall–Kier alpha value is -3.17. The summed E-state index contributed by atoms with van der Waals surface area (Å²) >= 11 is 4.51. The maximum atomic E-state index is 13.5. The molecule has 4 rings (SSSR count). The minimum Gasteiger partial charge on any atom is -0.490 e. The van der Waals surface area contributed by atoms with Gasteiger partial charge in [-0.25, -0.2) is 9.79 Å². The van der Waals surface area contributed by atoms with E-state index >= 15 is 0 Å². The van der Waals surface area contributed by atoms with E-state index in [1.165, 1.54) is 15.9 Å². The predicted molar refractivity (Wildman–Crippen MR) is 129 cm³/mol. The number of benzene rings is 1. The van der Waals surface area contributed by atoms with Crippen LogP contribution in [0.25, 0.3) is 6.08 Å². The number of rotatable bonds is 7. The Morgan fingerprint density at radius 1 is 1.30 bits per heavy atom. The van der Waals surface area contributed by atoms with E-state index in [4.69, 9.17) is 13.9 Å². The summed E-state index contributed by atoms with van der Waals surface area (Å²) in [7, 11) is 0. The molecule has 0 N–H and O–H groups in total. The molecule has 0 bridgehead atoms. The fourth-order valence-electron chi connectivity index (χ4n) is 3.54. The first-order chi connectivity index (χ1) is 15.9. The lowest BCUT2D eigenvalue weighted by Gasteiger charge is -2.24. The Balaban J connectivity index is 1.88. The molecule has 1 atom stereocenters. The molecule has 0 spiro atoms. The predicted octanol–water partition coefficient (Wildman–Crippen LogP) is 3.72. The molecule has 0 saturated carbocycles. The fraction of sp³-hybridized carbons (Fsp3) is 0.208. The van der Waals surface area contributed by atoms with Crippen molar-refractivity contribution < 1.29 is 18.7 Å². The molecule has 2 aromatic heterocycles. The number of halogens is 1. The average molecular weight is 529 g/mol. The van der Waals surface area contributed by atoms with E-state index < -0.39 is 12.0 Å². The second kappa shape index (κ2) is 9.76. The molecule has 7 nitrogen and oxygen atoms in total. The number of furan rings is 1. The maximum absolute atomic E-state index is 13.5. The van der Waals surface area contributed by atoms with E-state index in [9.17, 15) is 9.59 Å². The maximum Gasteiger partial charge on any atom is 0.338 e. The summed E-state index contributed by atoms with van der Waals surface area (Å²) in [6.45, 7) is 7.74. The molecule has 0 radical (unpaired) electrons. The topological polar surface area (TPSA) is 83.0 Å². The summed E-state index contributed by atoms with van der Waals surface area (Å²) in [5.74, 6) is 0.696. The molecule has 33 heavy (non-hydrogen) atoms. The van der Waals surface area contributed by atoms with Gasteiger partial charge in [-0.15, -0.1) is 0 Å². The van der Waals surface area contributed by atoms with Crippen LogP contribution in [0.5, 0.6) is 5.75 Å². The number of ether oxygens (including phenoxy) is 2. The van der Waals surface area contributed by atoms with Crippen LogP contribution >= 0.6 is 27.3 Å². The van der Waals surface area contributed by atoms with Gasteiger partial charge in [-0.3, -0.25) is 9.36 Å². The number of esters is 1. The number of hydrogen-bond acceptors (Lipinski definition) is 7. The van der Waals surface area contributed by atoms with Crippen molar-refractivity contribution in [2.45, 2.75) is 19.9 Å². The molecule has 1 aliphatic heterocycles. The molecular weight excluding hydrogens is 508 g/mol. The van der Waals surface area contributed by atoms with Gasteiger partial charge in [0.05, 0.1) is 28.5 Å². The summed E-state index contributed by atoms with van der Waals surface area (Å²) in [6.07, 6.45) is 3.33. The second-order valence-corrected chi connectivity index (χ2v) is 8.90. The Bertz CT molecular complexity index is 1410. The summed E-state index contributed by atoms with van der Waals surface area (Å²) in [5.41, 5.74) is 1.32. The van der Waals surface area contributed by atoms with Crippen LogP contribution in [0.1, 0.15) is 31.2 Å². The number of hydrogen-bond donors (Lipinski definition) is 0. The Morgan fingerprint density at radius 3 is 2.70 bits per heavy atom. The highest BCUT2D eigenvalue weighted by Crippen LogP contribution is 2.31. The summed E-state index contributed by atoms with van der Waals surface area (Å²) < 4.78 is 19.0. The SMILES string of the molecule is C=CCOc1ccc(C2C(C(=O)OCC)=C(C)N=c3s/c(=C\c4ccc(Br)o4)c(=O)n32)cc1. The number of fused-ring (bicyclic) bond motifs is 1. The zero-order valence-electron chi connectivity index (χ0n) is 18.0. The van der Waals surface area contributed by atoms with Crippen LogP contribution in [0.15, 0.2) is 79.2 Å². The highest BCUT2D eigenvalue weighted by Gasteiger charge is 2.33. The van der Waals surface area contributed by atoms with E-state index in [-0.39, 0.29) is 12.2 Å². The van der Waals surface area contributed by atoms with Gasteiger partial charge < -0.3 is 13.9 Å². The van der Waals surface area contributed by atoms with Crippen LogP contribution in [-0.4, -0.2) is 23.8 Å². The van der Waals surface area contributed by atoms with Gasteiger partial charge in [0.15, 0.2) is 9.47 Å². The van der Waals surface area contributed by atoms with Crippen molar-refractivity contribution in [2.24, 2.45) is 4.99 Å². The first-order valence-corrected chi connectivity index (χ1v) is 11.8. The normalized spacial score (nSPS) is 15.7. The molecule has 170 valence electrons. The zero-order chi connectivity index (χ0) is 23.5. The molecule has 1 unspecified atom stereocenters. The van der Waals surface area contributed by atoms with Gasteiger partial charge in [0.2, 0.25) is 0 Å². The van der Waals surface area contributed by atoms with E-state index in [0.29, 0.717) is 43.4 Å². The minimum atomic E-state index is -0.681. The van der Waals surface area contributed by atoms with Crippen molar-refractivity contribution in [1.29, 1.82) is 0 Å². The lowest BCUT2D eigenvalue weighted by molar-refractivity contribution is -0.139. The molecule has 0 aliphatic carbocycles. The first-order valence-electron chi connectivity index (χ1n) is 10.2. The quantitative estimate of drug-likeness (QED) is 0.344. The van der Waals surface area contributed by atoms with Gasteiger partial charge in [0.25, 0.3) is 5.56 Å². The molecule has 1 aliphatic rings. The lowest BCUT2D eigenvalue weighted by atomic mass is 9.96. The van der Waals surface area contributed by atoms with Crippen molar-refractivity contribution in [1.82, 2.24) is 4.57 Å². The van der Waals surface area contributed by atoms with Gasteiger partial charge in [-0.2, -0.15) is 0 Å². The standard InChI is InChI=1S/C24H21BrN2O5S/c1-4-12-31-16-8-6-15(7-9-16)21-20(23(29)30-5-2)14(3)26-24-27(21)22(28)18(33-24)13-17-10-11-19(25)32-17/h4,6-11,13,21H,1,5,12H2,2-3H3/b18-13-. The monoisotopic (exact) mass is 528 g/mol. The van der Waals surface area contributed by atoms with Crippen molar-refractivity contribution in [2.75, 3.05) is 13.2 Å². The summed E-state index contributed by atoms with van der Waals surface area (Å²) in [4.78, 5) is 31.4.